The van der Waals surface area contributed by atoms with E-state index in [9.17, 15) is 5.11 Å². The zero-order chi connectivity index (χ0) is 24.0. The molecule has 0 unspecified atom stereocenters. The molecule has 1 N–H and O–H groups in total. The molecular weight excluding hydrogens is 414 g/mol. The first-order valence-corrected chi connectivity index (χ1v) is 11.6. The number of nitrogens with zero attached hydrogens (tertiary/aromatic N) is 3. The van der Waals surface area contributed by atoms with E-state index in [0.717, 1.165) is 34.9 Å². The number of aryl methyl sites for hydroxylation is 1. The largest absolute Gasteiger partial charge is 0.497 e. The normalized spacial score (nSPS) is 12.5. The molecule has 1 atom stereocenters. The van der Waals surface area contributed by atoms with Crippen molar-refractivity contribution < 1.29 is 14.6 Å². The van der Waals surface area contributed by atoms with Crippen molar-refractivity contribution in [2.45, 2.75) is 40.3 Å². The Bertz CT molecular complexity index is 997. The van der Waals surface area contributed by atoms with Gasteiger partial charge in [-0.25, -0.2) is 4.68 Å². The number of benzene rings is 2. The van der Waals surface area contributed by atoms with E-state index in [1.54, 1.807) is 11.8 Å². The first kappa shape index (κ1) is 24.8. The molecule has 0 saturated heterocycles. The van der Waals surface area contributed by atoms with Crippen LogP contribution in [-0.2, 0) is 13.6 Å². The topological polar surface area (TPSA) is 59.8 Å². The summed E-state index contributed by atoms with van der Waals surface area (Å²) in [5, 5.41) is 15.5. The molecule has 1 aromatic heterocycles. The Balaban J connectivity index is 2.01. The van der Waals surface area contributed by atoms with Crippen molar-refractivity contribution in [3.63, 3.8) is 0 Å². The predicted molar refractivity (Wildman–Crippen MR) is 133 cm³/mol. The standard InChI is InChI=1S/C27H37N3O3/c1-19(2)16-30(18-25(31)20(3)4)17-24-26(21-10-8-7-9-11-21)28-29(5)27(24)33-23-14-12-22(32-6)13-15-23/h7-15,19-20,25,31H,16-18H2,1-6H3/t25-/m1/s1. The Morgan fingerprint density at radius 3 is 2.15 bits per heavy atom. The second-order valence-electron chi connectivity index (χ2n) is 9.30. The molecule has 2 aromatic carbocycles. The van der Waals surface area contributed by atoms with Crippen LogP contribution in [0.3, 0.4) is 0 Å². The van der Waals surface area contributed by atoms with Gasteiger partial charge in [-0.1, -0.05) is 58.0 Å². The highest BCUT2D eigenvalue weighted by atomic mass is 16.5. The molecule has 0 amide bonds. The van der Waals surface area contributed by atoms with Crippen LogP contribution in [0.15, 0.2) is 54.6 Å². The van der Waals surface area contributed by atoms with Crippen LogP contribution < -0.4 is 9.47 Å². The van der Waals surface area contributed by atoms with E-state index in [1.807, 2.05) is 49.5 Å². The molecule has 0 aliphatic rings. The average molecular weight is 452 g/mol. The zero-order valence-corrected chi connectivity index (χ0v) is 20.7. The van der Waals surface area contributed by atoms with Crippen molar-refractivity contribution in [1.82, 2.24) is 14.7 Å². The molecule has 6 nitrogen and oxygen atoms in total. The summed E-state index contributed by atoms with van der Waals surface area (Å²) < 4.78 is 13.4. The number of rotatable bonds is 11. The van der Waals surface area contributed by atoms with Gasteiger partial charge >= 0.3 is 0 Å². The number of ether oxygens (including phenoxy) is 2. The summed E-state index contributed by atoms with van der Waals surface area (Å²) in [4.78, 5) is 2.31. The number of aliphatic hydroxyl groups is 1. The Hall–Kier alpha value is -2.83. The van der Waals surface area contributed by atoms with Crippen LogP contribution in [0.5, 0.6) is 17.4 Å². The van der Waals surface area contributed by atoms with E-state index in [0.29, 0.717) is 24.9 Å². The lowest BCUT2D eigenvalue weighted by molar-refractivity contribution is 0.0680. The summed E-state index contributed by atoms with van der Waals surface area (Å²) in [6.07, 6.45) is -0.397. The molecule has 3 aromatic rings. The first-order chi connectivity index (χ1) is 15.8. The minimum atomic E-state index is -0.397. The first-order valence-electron chi connectivity index (χ1n) is 11.6. The van der Waals surface area contributed by atoms with Gasteiger partial charge in [-0.3, -0.25) is 4.90 Å². The Morgan fingerprint density at radius 1 is 0.939 bits per heavy atom. The van der Waals surface area contributed by atoms with E-state index >= 15 is 0 Å². The van der Waals surface area contributed by atoms with Crippen molar-refractivity contribution in [2.75, 3.05) is 20.2 Å². The van der Waals surface area contributed by atoms with Gasteiger partial charge < -0.3 is 14.6 Å². The van der Waals surface area contributed by atoms with Crippen molar-refractivity contribution >= 4 is 0 Å². The van der Waals surface area contributed by atoms with Gasteiger partial charge in [-0.05, 0) is 36.1 Å². The Kier molecular flexibility index (Phi) is 8.53. The van der Waals surface area contributed by atoms with Crippen LogP contribution in [0, 0.1) is 11.8 Å². The molecule has 0 aliphatic carbocycles. The van der Waals surface area contributed by atoms with E-state index in [2.05, 4.69) is 44.7 Å². The van der Waals surface area contributed by atoms with Gasteiger partial charge in [0.2, 0.25) is 5.88 Å². The second-order valence-corrected chi connectivity index (χ2v) is 9.30. The highest BCUT2D eigenvalue weighted by molar-refractivity contribution is 5.65. The lowest BCUT2D eigenvalue weighted by atomic mass is 10.0. The molecule has 0 fully saturated rings. The monoisotopic (exact) mass is 451 g/mol. The van der Waals surface area contributed by atoms with E-state index < -0.39 is 6.10 Å². The summed E-state index contributed by atoms with van der Waals surface area (Å²) in [6, 6.07) is 17.7. The molecule has 6 heteroatoms. The van der Waals surface area contributed by atoms with Crippen LogP contribution in [0.4, 0.5) is 0 Å². The van der Waals surface area contributed by atoms with Crippen LogP contribution in [-0.4, -0.2) is 46.1 Å². The maximum atomic E-state index is 10.6. The molecule has 3 rings (SSSR count). The number of aromatic nitrogens is 2. The molecule has 0 bridgehead atoms. The summed E-state index contributed by atoms with van der Waals surface area (Å²) >= 11 is 0. The maximum absolute atomic E-state index is 10.6. The van der Waals surface area contributed by atoms with Crippen LogP contribution in [0.25, 0.3) is 11.3 Å². The summed E-state index contributed by atoms with van der Waals surface area (Å²) in [7, 11) is 3.56. The number of hydrogen-bond donors (Lipinski definition) is 1. The van der Waals surface area contributed by atoms with Crippen LogP contribution in [0.2, 0.25) is 0 Å². The third-order valence-corrected chi connectivity index (χ3v) is 5.63. The van der Waals surface area contributed by atoms with Crippen molar-refractivity contribution in [1.29, 1.82) is 0 Å². The van der Waals surface area contributed by atoms with E-state index in [4.69, 9.17) is 14.6 Å². The zero-order valence-electron chi connectivity index (χ0n) is 20.7. The lowest BCUT2D eigenvalue weighted by Gasteiger charge is -2.28. The number of hydrogen-bond acceptors (Lipinski definition) is 5. The second kappa shape index (κ2) is 11.3. The third-order valence-electron chi connectivity index (χ3n) is 5.63. The average Bonchev–Trinajstić information content (AvgIpc) is 3.09. The lowest BCUT2D eigenvalue weighted by Crippen LogP contribution is -2.37. The Morgan fingerprint density at radius 2 is 1.58 bits per heavy atom. The summed E-state index contributed by atoms with van der Waals surface area (Å²) in [5.41, 5.74) is 2.95. The van der Waals surface area contributed by atoms with Crippen LogP contribution in [0.1, 0.15) is 33.3 Å². The SMILES string of the molecule is COc1ccc(Oc2c(CN(CC(C)C)C[C@@H](O)C(C)C)c(-c3ccccc3)nn2C)cc1. The molecule has 0 saturated carbocycles. The maximum Gasteiger partial charge on any atom is 0.222 e. The third kappa shape index (κ3) is 6.59. The molecule has 178 valence electrons. The number of aliphatic hydroxyl groups excluding tert-OH is 1. The van der Waals surface area contributed by atoms with Gasteiger partial charge in [0.1, 0.15) is 17.2 Å². The number of methoxy groups -OCH3 is 1. The Labute approximate surface area is 197 Å². The van der Waals surface area contributed by atoms with Gasteiger partial charge in [0.15, 0.2) is 0 Å². The minimum Gasteiger partial charge on any atom is -0.497 e. The van der Waals surface area contributed by atoms with Gasteiger partial charge in [0.05, 0.1) is 18.8 Å². The molecular formula is C27H37N3O3. The molecule has 33 heavy (non-hydrogen) atoms. The van der Waals surface area contributed by atoms with Crippen LogP contribution >= 0.6 is 0 Å². The van der Waals surface area contributed by atoms with Crippen molar-refractivity contribution in [2.24, 2.45) is 18.9 Å². The summed E-state index contributed by atoms with van der Waals surface area (Å²) in [5.74, 6) is 2.86. The minimum absolute atomic E-state index is 0.192. The van der Waals surface area contributed by atoms with E-state index in [-0.39, 0.29) is 5.92 Å². The molecule has 0 aliphatic heterocycles. The smallest absolute Gasteiger partial charge is 0.222 e. The quantitative estimate of drug-likeness (QED) is 0.425. The van der Waals surface area contributed by atoms with Gasteiger partial charge in [-0.2, -0.15) is 5.10 Å². The highest BCUT2D eigenvalue weighted by Crippen LogP contribution is 2.34. The van der Waals surface area contributed by atoms with Crippen molar-refractivity contribution in [3.8, 4) is 28.6 Å². The molecule has 0 radical (unpaired) electrons. The predicted octanol–water partition coefficient (Wildman–Crippen LogP) is 5.36. The molecule has 0 spiro atoms. The van der Waals surface area contributed by atoms with Gasteiger partial charge in [-0.15, -0.1) is 0 Å². The van der Waals surface area contributed by atoms with Crippen molar-refractivity contribution in [3.05, 3.63) is 60.2 Å². The van der Waals surface area contributed by atoms with E-state index in [1.165, 1.54) is 0 Å². The fourth-order valence-electron chi connectivity index (χ4n) is 3.82. The van der Waals surface area contributed by atoms with Gasteiger partial charge in [0, 0.05) is 32.2 Å². The molecule has 1 heterocycles. The van der Waals surface area contributed by atoms with Gasteiger partial charge in [0.25, 0.3) is 0 Å². The highest BCUT2D eigenvalue weighted by Gasteiger charge is 2.24. The fraction of sp³-hybridized carbons (Fsp3) is 0.444. The fourth-order valence-corrected chi connectivity index (χ4v) is 3.82. The summed E-state index contributed by atoms with van der Waals surface area (Å²) in [6.45, 7) is 10.6.